The van der Waals surface area contributed by atoms with E-state index in [4.69, 9.17) is 0 Å². The van der Waals surface area contributed by atoms with Crippen LogP contribution in [-0.2, 0) is 0 Å². The molecule has 4 heteroatoms. The van der Waals surface area contributed by atoms with Crippen molar-refractivity contribution in [2.24, 2.45) is 0 Å². The molecule has 0 saturated carbocycles. The number of carbonyl (C=O) groups is 2. The predicted molar refractivity (Wildman–Crippen MR) is 77.0 cm³/mol. The van der Waals surface area contributed by atoms with Gasteiger partial charge in [-0.15, -0.1) is 0 Å². The Kier molecular flexibility index (Phi) is 4.25. The Labute approximate surface area is 117 Å². The number of amides is 1. The Morgan fingerprint density at radius 3 is 2.55 bits per heavy atom. The molecule has 2 rings (SSSR count). The quantitative estimate of drug-likeness (QED) is 0.866. The van der Waals surface area contributed by atoms with Crippen LogP contribution >= 0.6 is 0 Å². The van der Waals surface area contributed by atoms with Gasteiger partial charge in [0, 0.05) is 24.2 Å². The lowest BCUT2D eigenvalue weighted by atomic mass is 9.96. The topological polar surface area (TPSA) is 59.1 Å². The van der Waals surface area contributed by atoms with Crippen LogP contribution in [0.1, 0.15) is 44.9 Å². The second kappa shape index (κ2) is 6.10. The summed E-state index contributed by atoms with van der Waals surface area (Å²) in [7, 11) is 1.54. The maximum atomic E-state index is 11.7. The SMILES string of the molecule is CNC(=O)c1cc(C=O)cc(C(C)c2ccccc2)n1. The Bertz CT molecular complexity index is 624. The van der Waals surface area contributed by atoms with Crippen LogP contribution < -0.4 is 5.32 Å². The fourth-order valence-corrected chi connectivity index (χ4v) is 2.02. The van der Waals surface area contributed by atoms with E-state index in [9.17, 15) is 9.59 Å². The van der Waals surface area contributed by atoms with E-state index in [0.717, 1.165) is 11.8 Å². The first kappa shape index (κ1) is 13.9. The van der Waals surface area contributed by atoms with Gasteiger partial charge in [0.05, 0.1) is 0 Å². The molecule has 0 aliphatic rings. The van der Waals surface area contributed by atoms with Gasteiger partial charge in [-0.05, 0) is 17.7 Å². The van der Waals surface area contributed by atoms with Crippen molar-refractivity contribution in [3.63, 3.8) is 0 Å². The van der Waals surface area contributed by atoms with Crippen LogP contribution in [0.25, 0.3) is 0 Å². The van der Waals surface area contributed by atoms with Gasteiger partial charge in [0.15, 0.2) is 0 Å². The molecule has 4 nitrogen and oxygen atoms in total. The standard InChI is InChI=1S/C16H16N2O2/c1-11(13-6-4-3-5-7-13)14-8-12(10-19)9-15(18-14)16(20)17-2/h3-11H,1-2H3,(H,17,20). The fourth-order valence-electron chi connectivity index (χ4n) is 2.02. The van der Waals surface area contributed by atoms with Gasteiger partial charge in [-0.1, -0.05) is 37.3 Å². The second-order valence-corrected chi connectivity index (χ2v) is 4.54. The summed E-state index contributed by atoms with van der Waals surface area (Å²) in [5, 5.41) is 2.52. The predicted octanol–water partition coefficient (Wildman–Crippen LogP) is 2.41. The molecule has 1 amide bonds. The third-order valence-corrected chi connectivity index (χ3v) is 3.21. The second-order valence-electron chi connectivity index (χ2n) is 4.54. The smallest absolute Gasteiger partial charge is 0.269 e. The summed E-state index contributed by atoms with van der Waals surface area (Å²) >= 11 is 0. The number of rotatable bonds is 4. The zero-order valence-corrected chi connectivity index (χ0v) is 11.5. The first-order valence-corrected chi connectivity index (χ1v) is 6.40. The van der Waals surface area contributed by atoms with Crippen molar-refractivity contribution in [2.75, 3.05) is 7.05 Å². The Morgan fingerprint density at radius 2 is 1.95 bits per heavy atom. The number of nitrogens with zero attached hydrogens (tertiary/aromatic N) is 1. The number of nitrogens with one attached hydrogen (secondary N) is 1. The summed E-state index contributed by atoms with van der Waals surface area (Å²) in [6.45, 7) is 2.00. The van der Waals surface area contributed by atoms with Crippen LogP contribution in [0.4, 0.5) is 0 Å². The minimum absolute atomic E-state index is 0.0134. The molecule has 0 saturated heterocycles. The molecule has 0 bridgehead atoms. The van der Waals surface area contributed by atoms with Gasteiger partial charge >= 0.3 is 0 Å². The van der Waals surface area contributed by atoms with Crippen LogP contribution in [0.5, 0.6) is 0 Å². The monoisotopic (exact) mass is 268 g/mol. The van der Waals surface area contributed by atoms with Crippen molar-refractivity contribution < 1.29 is 9.59 Å². The molecule has 0 radical (unpaired) electrons. The van der Waals surface area contributed by atoms with Crippen LogP contribution in [0.15, 0.2) is 42.5 Å². The molecule has 1 unspecified atom stereocenters. The van der Waals surface area contributed by atoms with E-state index >= 15 is 0 Å². The highest BCUT2D eigenvalue weighted by molar-refractivity contribution is 5.93. The molecular formula is C16H16N2O2. The minimum atomic E-state index is -0.296. The van der Waals surface area contributed by atoms with Crippen molar-refractivity contribution in [1.82, 2.24) is 10.3 Å². The zero-order chi connectivity index (χ0) is 14.5. The molecule has 20 heavy (non-hydrogen) atoms. The Balaban J connectivity index is 2.45. The lowest BCUT2D eigenvalue weighted by Crippen LogP contribution is -2.20. The van der Waals surface area contributed by atoms with E-state index in [-0.39, 0.29) is 17.5 Å². The molecule has 1 aromatic carbocycles. The van der Waals surface area contributed by atoms with Crippen molar-refractivity contribution in [3.05, 3.63) is 65.0 Å². The molecule has 0 aliphatic heterocycles. The largest absolute Gasteiger partial charge is 0.354 e. The van der Waals surface area contributed by atoms with Gasteiger partial charge in [0.1, 0.15) is 12.0 Å². The number of aromatic nitrogens is 1. The van der Waals surface area contributed by atoms with Crippen molar-refractivity contribution in [2.45, 2.75) is 12.8 Å². The van der Waals surface area contributed by atoms with E-state index < -0.39 is 0 Å². The average molecular weight is 268 g/mol. The molecule has 1 heterocycles. The lowest BCUT2D eigenvalue weighted by molar-refractivity contribution is 0.0958. The molecule has 1 aromatic heterocycles. The maximum Gasteiger partial charge on any atom is 0.269 e. The normalized spacial score (nSPS) is 11.7. The van der Waals surface area contributed by atoms with Crippen LogP contribution in [-0.4, -0.2) is 24.2 Å². The van der Waals surface area contributed by atoms with Crippen molar-refractivity contribution in [3.8, 4) is 0 Å². The molecule has 0 aliphatic carbocycles. The molecular weight excluding hydrogens is 252 g/mol. The third-order valence-electron chi connectivity index (χ3n) is 3.21. The van der Waals surface area contributed by atoms with Gasteiger partial charge in [0.25, 0.3) is 5.91 Å². The highest BCUT2D eigenvalue weighted by Crippen LogP contribution is 2.23. The summed E-state index contributed by atoms with van der Waals surface area (Å²) in [6, 6.07) is 13.1. The Hall–Kier alpha value is -2.49. The number of hydrogen-bond acceptors (Lipinski definition) is 3. The number of carbonyl (C=O) groups excluding carboxylic acids is 2. The van der Waals surface area contributed by atoms with Gasteiger partial charge < -0.3 is 5.32 Å². The summed E-state index contributed by atoms with van der Waals surface area (Å²) in [4.78, 5) is 27.1. The highest BCUT2D eigenvalue weighted by Gasteiger charge is 2.14. The van der Waals surface area contributed by atoms with Gasteiger partial charge in [-0.2, -0.15) is 0 Å². The summed E-state index contributed by atoms with van der Waals surface area (Å²) in [5.41, 5.74) is 2.51. The molecule has 2 aromatic rings. The minimum Gasteiger partial charge on any atom is -0.354 e. The van der Waals surface area contributed by atoms with Crippen LogP contribution in [0.2, 0.25) is 0 Å². The first-order valence-electron chi connectivity index (χ1n) is 6.40. The van der Waals surface area contributed by atoms with E-state index in [2.05, 4.69) is 10.3 Å². The summed E-state index contributed by atoms with van der Waals surface area (Å²) < 4.78 is 0. The number of aldehydes is 1. The number of hydrogen-bond donors (Lipinski definition) is 1. The van der Waals surface area contributed by atoms with E-state index in [1.807, 2.05) is 37.3 Å². The number of pyridine rings is 1. The summed E-state index contributed by atoms with van der Waals surface area (Å²) in [5.74, 6) is -0.283. The maximum absolute atomic E-state index is 11.7. The Morgan fingerprint density at radius 1 is 1.25 bits per heavy atom. The van der Waals surface area contributed by atoms with E-state index in [1.165, 1.54) is 13.1 Å². The molecule has 1 atom stereocenters. The molecule has 1 N–H and O–H groups in total. The van der Waals surface area contributed by atoms with Gasteiger partial charge in [-0.25, -0.2) is 4.98 Å². The molecule has 0 spiro atoms. The average Bonchev–Trinajstić information content (AvgIpc) is 2.53. The molecule has 102 valence electrons. The summed E-state index contributed by atoms with van der Waals surface area (Å²) in [6.07, 6.45) is 0.731. The van der Waals surface area contributed by atoms with Crippen molar-refractivity contribution >= 4 is 12.2 Å². The lowest BCUT2D eigenvalue weighted by Gasteiger charge is -2.13. The zero-order valence-electron chi connectivity index (χ0n) is 11.5. The fraction of sp³-hybridized carbons (Fsp3) is 0.188. The van der Waals surface area contributed by atoms with Crippen molar-refractivity contribution in [1.29, 1.82) is 0 Å². The van der Waals surface area contributed by atoms with E-state index in [0.29, 0.717) is 11.3 Å². The van der Waals surface area contributed by atoms with Gasteiger partial charge in [-0.3, -0.25) is 9.59 Å². The van der Waals surface area contributed by atoms with Gasteiger partial charge in [0.2, 0.25) is 0 Å². The first-order chi connectivity index (χ1) is 9.65. The van der Waals surface area contributed by atoms with Crippen LogP contribution in [0.3, 0.4) is 0 Å². The number of benzene rings is 1. The van der Waals surface area contributed by atoms with E-state index in [1.54, 1.807) is 6.07 Å². The molecule has 0 fully saturated rings. The highest BCUT2D eigenvalue weighted by atomic mass is 16.1. The third kappa shape index (κ3) is 2.91. The van der Waals surface area contributed by atoms with Crippen LogP contribution in [0, 0.1) is 0 Å².